The Morgan fingerprint density at radius 1 is 1.20 bits per heavy atom. The monoisotopic (exact) mass is 336 g/mol. The number of anilines is 1. The molecule has 0 aliphatic rings. The highest BCUT2D eigenvalue weighted by Gasteiger charge is 2.05. The number of aromatic nitrogens is 1. The lowest BCUT2D eigenvalue weighted by Gasteiger charge is -2.12. The fourth-order valence-electron chi connectivity index (χ4n) is 1.80. The largest absolute Gasteiger partial charge is 0.493 e. The fraction of sp³-hybridized carbons (Fsp3) is 0.267. The molecule has 0 aliphatic carbocycles. The van der Waals surface area contributed by atoms with Gasteiger partial charge in [-0.05, 0) is 47.1 Å². The van der Waals surface area contributed by atoms with Gasteiger partial charge >= 0.3 is 0 Å². The van der Waals surface area contributed by atoms with E-state index < -0.39 is 0 Å². The van der Waals surface area contributed by atoms with E-state index in [1.165, 1.54) is 0 Å². The Kier molecular flexibility index (Phi) is 5.24. The third-order valence-corrected chi connectivity index (χ3v) is 3.15. The summed E-state index contributed by atoms with van der Waals surface area (Å²) in [5.41, 5.74) is 1.93. The van der Waals surface area contributed by atoms with E-state index in [0.717, 1.165) is 27.5 Å². The molecule has 20 heavy (non-hydrogen) atoms. The van der Waals surface area contributed by atoms with Gasteiger partial charge in [0.2, 0.25) is 0 Å². The van der Waals surface area contributed by atoms with Crippen molar-refractivity contribution in [2.45, 2.75) is 13.5 Å². The van der Waals surface area contributed by atoms with Gasteiger partial charge < -0.3 is 14.8 Å². The Bertz CT molecular complexity index is 576. The second-order valence-electron chi connectivity index (χ2n) is 4.10. The zero-order valence-electron chi connectivity index (χ0n) is 11.5. The Balaban J connectivity index is 2.07. The average Bonchev–Trinajstić information content (AvgIpc) is 2.46. The third kappa shape index (κ3) is 3.87. The highest BCUT2D eigenvalue weighted by atomic mass is 79.9. The molecule has 0 spiro atoms. The van der Waals surface area contributed by atoms with Crippen LogP contribution in [0, 0.1) is 0 Å². The summed E-state index contributed by atoms with van der Waals surface area (Å²) < 4.78 is 11.6. The molecule has 0 fully saturated rings. The van der Waals surface area contributed by atoms with Gasteiger partial charge in [-0.25, -0.2) is 4.98 Å². The molecule has 1 aromatic heterocycles. The second kappa shape index (κ2) is 7.14. The van der Waals surface area contributed by atoms with E-state index in [0.29, 0.717) is 13.2 Å². The summed E-state index contributed by atoms with van der Waals surface area (Å²) in [7, 11) is 1.64. The zero-order valence-corrected chi connectivity index (χ0v) is 13.1. The molecule has 0 amide bonds. The summed E-state index contributed by atoms with van der Waals surface area (Å²) in [4.78, 5) is 4.38. The number of benzene rings is 1. The van der Waals surface area contributed by atoms with Gasteiger partial charge in [0.1, 0.15) is 4.60 Å². The highest BCUT2D eigenvalue weighted by Crippen LogP contribution is 2.30. The number of nitrogens with zero attached hydrogens (tertiary/aromatic N) is 1. The van der Waals surface area contributed by atoms with Gasteiger partial charge in [-0.2, -0.15) is 0 Å². The Labute approximate surface area is 127 Å². The summed E-state index contributed by atoms with van der Waals surface area (Å²) in [5, 5.41) is 3.32. The molecule has 1 N–H and O–H groups in total. The lowest BCUT2D eigenvalue weighted by molar-refractivity contribution is 0.311. The van der Waals surface area contributed by atoms with Crippen LogP contribution in [0.4, 0.5) is 5.69 Å². The van der Waals surface area contributed by atoms with Gasteiger partial charge in [0.25, 0.3) is 0 Å². The van der Waals surface area contributed by atoms with Crippen LogP contribution in [-0.2, 0) is 6.54 Å². The Hall–Kier alpha value is -1.75. The van der Waals surface area contributed by atoms with Crippen molar-refractivity contribution in [1.29, 1.82) is 0 Å². The van der Waals surface area contributed by atoms with Crippen molar-refractivity contribution in [1.82, 2.24) is 4.98 Å². The van der Waals surface area contributed by atoms with Gasteiger partial charge in [-0.15, -0.1) is 0 Å². The minimum Gasteiger partial charge on any atom is -0.493 e. The summed E-state index contributed by atoms with van der Waals surface area (Å²) in [6.07, 6.45) is 0. The van der Waals surface area contributed by atoms with Crippen LogP contribution < -0.4 is 14.8 Å². The molecule has 0 atom stereocenters. The van der Waals surface area contributed by atoms with Gasteiger partial charge in [-0.1, -0.05) is 6.07 Å². The lowest BCUT2D eigenvalue weighted by atomic mass is 10.2. The van der Waals surface area contributed by atoms with Crippen molar-refractivity contribution >= 4 is 21.6 Å². The van der Waals surface area contributed by atoms with E-state index in [9.17, 15) is 0 Å². The molecule has 0 radical (unpaired) electrons. The van der Waals surface area contributed by atoms with Crippen molar-refractivity contribution in [3.63, 3.8) is 0 Å². The first-order valence-electron chi connectivity index (χ1n) is 6.39. The van der Waals surface area contributed by atoms with Crippen molar-refractivity contribution in [3.05, 3.63) is 46.7 Å². The van der Waals surface area contributed by atoms with Gasteiger partial charge in [0, 0.05) is 11.8 Å². The molecule has 4 nitrogen and oxygen atoms in total. The standard InChI is InChI=1S/C15H17BrN2O2/c1-3-20-14-9-11(7-8-13(14)19-2)17-10-12-5-4-6-15(16)18-12/h4-9,17H,3,10H2,1-2H3. The number of hydrogen-bond donors (Lipinski definition) is 1. The number of methoxy groups -OCH3 is 1. The first-order chi connectivity index (χ1) is 9.72. The van der Waals surface area contributed by atoms with Crippen LogP contribution in [0.3, 0.4) is 0 Å². The maximum atomic E-state index is 5.55. The van der Waals surface area contributed by atoms with Crippen molar-refractivity contribution in [2.24, 2.45) is 0 Å². The maximum Gasteiger partial charge on any atom is 0.163 e. The second-order valence-corrected chi connectivity index (χ2v) is 4.92. The zero-order chi connectivity index (χ0) is 14.4. The van der Waals surface area contributed by atoms with E-state index in [1.54, 1.807) is 7.11 Å². The molecule has 1 heterocycles. The molecule has 5 heteroatoms. The molecule has 0 unspecified atom stereocenters. The molecule has 0 saturated heterocycles. The Morgan fingerprint density at radius 2 is 2.05 bits per heavy atom. The van der Waals surface area contributed by atoms with E-state index in [1.807, 2.05) is 43.3 Å². The number of halogens is 1. The molecule has 0 bridgehead atoms. The predicted octanol–water partition coefficient (Wildman–Crippen LogP) is 3.86. The smallest absolute Gasteiger partial charge is 0.163 e. The molecule has 1 aromatic carbocycles. The van der Waals surface area contributed by atoms with Crippen LogP contribution in [0.15, 0.2) is 41.0 Å². The van der Waals surface area contributed by atoms with Crippen LogP contribution in [0.5, 0.6) is 11.5 Å². The molecule has 106 valence electrons. The van der Waals surface area contributed by atoms with Crippen LogP contribution in [-0.4, -0.2) is 18.7 Å². The van der Waals surface area contributed by atoms with Crippen LogP contribution in [0.25, 0.3) is 0 Å². The minimum absolute atomic E-state index is 0.604. The first kappa shape index (κ1) is 14.7. The van der Waals surface area contributed by atoms with Gasteiger partial charge in [0.05, 0.1) is 26.0 Å². The topological polar surface area (TPSA) is 43.4 Å². The van der Waals surface area contributed by atoms with Crippen molar-refractivity contribution in [2.75, 3.05) is 19.0 Å². The van der Waals surface area contributed by atoms with Crippen molar-refractivity contribution in [3.8, 4) is 11.5 Å². The molecule has 2 aromatic rings. The molecule has 0 saturated carbocycles. The summed E-state index contributed by atoms with van der Waals surface area (Å²) >= 11 is 3.36. The number of nitrogens with one attached hydrogen (secondary N) is 1. The normalized spacial score (nSPS) is 10.2. The fourth-order valence-corrected chi connectivity index (χ4v) is 2.18. The first-order valence-corrected chi connectivity index (χ1v) is 7.18. The van der Waals surface area contributed by atoms with E-state index in [4.69, 9.17) is 9.47 Å². The number of hydrogen-bond acceptors (Lipinski definition) is 4. The average molecular weight is 337 g/mol. The van der Waals surface area contributed by atoms with Gasteiger partial charge in [-0.3, -0.25) is 0 Å². The highest BCUT2D eigenvalue weighted by molar-refractivity contribution is 9.10. The summed E-state index contributed by atoms with van der Waals surface area (Å²) in [6.45, 7) is 3.20. The van der Waals surface area contributed by atoms with E-state index >= 15 is 0 Å². The maximum absolute atomic E-state index is 5.55. The SMILES string of the molecule is CCOc1cc(NCc2cccc(Br)n2)ccc1OC. The number of ether oxygens (including phenoxy) is 2. The van der Waals surface area contributed by atoms with E-state index in [-0.39, 0.29) is 0 Å². The van der Waals surface area contributed by atoms with Crippen LogP contribution in [0.1, 0.15) is 12.6 Å². The van der Waals surface area contributed by atoms with E-state index in [2.05, 4.69) is 26.2 Å². The lowest BCUT2D eigenvalue weighted by Crippen LogP contribution is -2.02. The summed E-state index contributed by atoms with van der Waals surface area (Å²) in [6, 6.07) is 11.6. The quantitative estimate of drug-likeness (QED) is 0.813. The van der Waals surface area contributed by atoms with Crippen LogP contribution in [0.2, 0.25) is 0 Å². The minimum atomic E-state index is 0.604. The molecular weight excluding hydrogens is 320 g/mol. The number of rotatable bonds is 6. The number of pyridine rings is 1. The molecular formula is C15H17BrN2O2. The molecule has 2 rings (SSSR count). The van der Waals surface area contributed by atoms with Crippen LogP contribution >= 0.6 is 15.9 Å². The molecule has 0 aliphatic heterocycles. The van der Waals surface area contributed by atoms with Crippen molar-refractivity contribution < 1.29 is 9.47 Å². The summed E-state index contributed by atoms with van der Waals surface area (Å²) in [5.74, 6) is 1.47. The predicted molar refractivity (Wildman–Crippen MR) is 83.4 cm³/mol. The Morgan fingerprint density at radius 3 is 2.75 bits per heavy atom. The van der Waals surface area contributed by atoms with Gasteiger partial charge in [0.15, 0.2) is 11.5 Å². The third-order valence-electron chi connectivity index (χ3n) is 2.71.